The predicted molar refractivity (Wildman–Crippen MR) is 66.9 cm³/mol. The summed E-state index contributed by atoms with van der Waals surface area (Å²) in [5, 5.41) is 9.21. The zero-order chi connectivity index (χ0) is 12.8. The Balaban J connectivity index is 2.74. The standard InChI is InChI=1S/C13H20N2O2/c1-4-11-9-14-7-5-12(11)13(17)15(3)8-6-10(2)16/h5,7,9-10,16H,4,6,8H2,1-3H3. The molecule has 1 heterocycles. The van der Waals surface area contributed by atoms with Crippen LogP contribution in [0, 0.1) is 0 Å². The number of hydrogen-bond acceptors (Lipinski definition) is 3. The molecule has 0 saturated heterocycles. The number of pyridine rings is 1. The van der Waals surface area contributed by atoms with Crippen LogP contribution >= 0.6 is 0 Å². The van der Waals surface area contributed by atoms with Crippen LogP contribution in [-0.2, 0) is 6.42 Å². The minimum Gasteiger partial charge on any atom is -0.393 e. The molecule has 1 atom stereocenters. The first kappa shape index (κ1) is 13.6. The number of carbonyl (C=O) groups is 1. The molecule has 4 nitrogen and oxygen atoms in total. The third kappa shape index (κ3) is 3.82. The van der Waals surface area contributed by atoms with Gasteiger partial charge in [-0.25, -0.2) is 0 Å². The number of hydrogen-bond donors (Lipinski definition) is 1. The summed E-state index contributed by atoms with van der Waals surface area (Å²) in [4.78, 5) is 17.8. The Labute approximate surface area is 102 Å². The number of aryl methyl sites for hydroxylation is 1. The summed E-state index contributed by atoms with van der Waals surface area (Å²) >= 11 is 0. The molecule has 0 bridgehead atoms. The van der Waals surface area contributed by atoms with Crippen LogP contribution in [0.4, 0.5) is 0 Å². The maximum Gasteiger partial charge on any atom is 0.253 e. The second-order valence-corrected chi connectivity index (χ2v) is 4.25. The van der Waals surface area contributed by atoms with Crippen LogP contribution in [0.25, 0.3) is 0 Å². The smallest absolute Gasteiger partial charge is 0.253 e. The van der Waals surface area contributed by atoms with E-state index in [0.29, 0.717) is 18.5 Å². The van der Waals surface area contributed by atoms with E-state index in [9.17, 15) is 9.90 Å². The molecule has 0 aromatic carbocycles. The fourth-order valence-electron chi connectivity index (χ4n) is 1.61. The summed E-state index contributed by atoms with van der Waals surface area (Å²) in [5.41, 5.74) is 1.66. The molecule has 4 heteroatoms. The highest BCUT2D eigenvalue weighted by atomic mass is 16.3. The number of amides is 1. The molecule has 1 unspecified atom stereocenters. The molecular weight excluding hydrogens is 216 g/mol. The normalized spacial score (nSPS) is 12.2. The Morgan fingerprint density at radius 1 is 1.59 bits per heavy atom. The van der Waals surface area contributed by atoms with E-state index >= 15 is 0 Å². The van der Waals surface area contributed by atoms with Gasteiger partial charge in [0.25, 0.3) is 5.91 Å². The number of aromatic nitrogens is 1. The topological polar surface area (TPSA) is 53.4 Å². The summed E-state index contributed by atoms with van der Waals surface area (Å²) in [6.07, 6.45) is 4.37. The van der Waals surface area contributed by atoms with Gasteiger partial charge in [0.1, 0.15) is 0 Å². The second kappa shape index (κ2) is 6.35. The largest absolute Gasteiger partial charge is 0.393 e. The van der Waals surface area contributed by atoms with Gasteiger partial charge in [-0.05, 0) is 31.4 Å². The highest BCUT2D eigenvalue weighted by Gasteiger charge is 2.15. The van der Waals surface area contributed by atoms with Crippen molar-refractivity contribution >= 4 is 5.91 Å². The van der Waals surface area contributed by atoms with Gasteiger partial charge < -0.3 is 10.0 Å². The van der Waals surface area contributed by atoms with Gasteiger partial charge in [0.05, 0.1) is 6.10 Å². The van der Waals surface area contributed by atoms with Crippen molar-refractivity contribution in [3.8, 4) is 0 Å². The lowest BCUT2D eigenvalue weighted by Crippen LogP contribution is -2.30. The van der Waals surface area contributed by atoms with E-state index in [-0.39, 0.29) is 12.0 Å². The van der Waals surface area contributed by atoms with E-state index in [4.69, 9.17) is 0 Å². The van der Waals surface area contributed by atoms with Crippen LogP contribution in [0.2, 0.25) is 0 Å². The molecule has 1 N–H and O–H groups in total. The minimum atomic E-state index is -0.381. The van der Waals surface area contributed by atoms with Gasteiger partial charge in [0, 0.05) is 31.5 Å². The molecular formula is C13H20N2O2. The zero-order valence-electron chi connectivity index (χ0n) is 10.7. The number of nitrogens with zero attached hydrogens (tertiary/aromatic N) is 2. The van der Waals surface area contributed by atoms with Gasteiger partial charge in [-0.1, -0.05) is 6.92 Å². The highest BCUT2D eigenvalue weighted by molar-refractivity contribution is 5.95. The Morgan fingerprint density at radius 3 is 2.88 bits per heavy atom. The van der Waals surface area contributed by atoms with Crippen molar-refractivity contribution in [3.05, 3.63) is 29.6 Å². The summed E-state index contributed by atoms with van der Waals surface area (Å²) in [5.74, 6) is -0.00935. The van der Waals surface area contributed by atoms with E-state index in [1.165, 1.54) is 0 Å². The third-order valence-corrected chi connectivity index (χ3v) is 2.74. The molecule has 0 aliphatic carbocycles. The molecule has 0 aliphatic heterocycles. The van der Waals surface area contributed by atoms with Crippen LogP contribution in [0.5, 0.6) is 0 Å². The maximum absolute atomic E-state index is 12.2. The lowest BCUT2D eigenvalue weighted by molar-refractivity contribution is 0.0768. The summed E-state index contributed by atoms with van der Waals surface area (Å²) in [7, 11) is 1.75. The quantitative estimate of drug-likeness (QED) is 0.842. The van der Waals surface area contributed by atoms with E-state index < -0.39 is 0 Å². The highest BCUT2D eigenvalue weighted by Crippen LogP contribution is 2.10. The molecule has 0 fully saturated rings. The van der Waals surface area contributed by atoms with Crippen molar-refractivity contribution in [3.63, 3.8) is 0 Å². The van der Waals surface area contributed by atoms with Crippen LogP contribution in [0.3, 0.4) is 0 Å². The molecule has 1 amide bonds. The van der Waals surface area contributed by atoms with Gasteiger partial charge in [0.2, 0.25) is 0 Å². The number of rotatable bonds is 5. The number of aliphatic hydroxyl groups is 1. The van der Waals surface area contributed by atoms with Crippen LogP contribution < -0.4 is 0 Å². The van der Waals surface area contributed by atoms with Gasteiger partial charge in [-0.3, -0.25) is 9.78 Å². The van der Waals surface area contributed by atoms with Crippen molar-refractivity contribution in [2.45, 2.75) is 32.8 Å². The van der Waals surface area contributed by atoms with E-state index in [1.54, 1.807) is 37.3 Å². The van der Waals surface area contributed by atoms with Crippen molar-refractivity contribution in [1.82, 2.24) is 9.88 Å². The van der Waals surface area contributed by atoms with Crippen molar-refractivity contribution in [1.29, 1.82) is 0 Å². The summed E-state index contributed by atoms with van der Waals surface area (Å²) < 4.78 is 0. The molecule has 0 saturated carbocycles. The molecule has 0 radical (unpaired) electrons. The second-order valence-electron chi connectivity index (χ2n) is 4.25. The van der Waals surface area contributed by atoms with Crippen molar-refractivity contribution < 1.29 is 9.90 Å². The molecule has 0 aliphatic rings. The third-order valence-electron chi connectivity index (χ3n) is 2.74. The van der Waals surface area contributed by atoms with Crippen molar-refractivity contribution in [2.24, 2.45) is 0 Å². The Bertz CT molecular complexity index is 377. The molecule has 0 spiro atoms. The maximum atomic E-state index is 12.2. The fourth-order valence-corrected chi connectivity index (χ4v) is 1.61. The van der Waals surface area contributed by atoms with Gasteiger partial charge in [0.15, 0.2) is 0 Å². The zero-order valence-corrected chi connectivity index (χ0v) is 10.7. The SMILES string of the molecule is CCc1cnccc1C(=O)N(C)CCC(C)O. The molecule has 94 valence electrons. The lowest BCUT2D eigenvalue weighted by Gasteiger charge is -2.19. The molecule has 1 aromatic rings. The van der Waals surface area contributed by atoms with E-state index in [1.807, 2.05) is 6.92 Å². The Morgan fingerprint density at radius 2 is 2.29 bits per heavy atom. The van der Waals surface area contributed by atoms with Crippen LogP contribution in [0.15, 0.2) is 18.5 Å². The summed E-state index contributed by atoms with van der Waals surface area (Å²) in [6.45, 7) is 4.29. The molecule has 17 heavy (non-hydrogen) atoms. The van der Waals surface area contributed by atoms with Gasteiger partial charge in [-0.2, -0.15) is 0 Å². The monoisotopic (exact) mass is 236 g/mol. The fraction of sp³-hybridized carbons (Fsp3) is 0.538. The van der Waals surface area contributed by atoms with Crippen molar-refractivity contribution in [2.75, 3.05) is 13.6 Å². The summed E-state index contributed by atoms with van der Waals surface area (Å²) in [6, 6.07) is 1.75. The number of carbonyl (C=O) groups excluding carboxylic acids is 1. The number of aliphatic hydroxyl groups excluding tert-OH is 1. The first-order valence-electron chi connectivity index (χ1n) is 5.92. The van der Waals surface area contributed by atoms with Crippen LogP contribution in [0.1, 0.15) is 36.2 Å². The Kier molecular flexibility index (Phi) is 5.10. The first-order valence-corrected chi connectivity index (χ1v) is 5.92. The van der Waals surface area contributed by atoms with E-state index in [0.717, 1.165) is 12.0 Å². The molecule has 1 rings (SSSR count). The Hall–Kier alpha value is -1.42. The van der Waals surface area contributed by atoms with Gasteiger partial charge in [-0.15, -0.1) is 0 Å². The molecule has 1 aromatic heterocycles. The average molecular weight is 236 g/mol. The van der Waals surface area contributed by atoms with Crippen LogP contribution in [-0.4, -0.2) is 40.6 Å². The minimum absolute atomic E-state index is 0.00935. The van der Waals surface area contributed by atoms with E-state index in [2.05, 4.69) is 4.98 Å². The lowest BCUT2D eigenvalue weighted by atomic mass is 10.1. The first-order chi connectivity index (χ1) is 8.06. The predicted octanol–water partition coefficient (Wildman–Crippen LogP) is 1.49. The average Bonchev–Trinajstić information content (AvgIpc) is 2.34. The van der Waals surface area contributed by atoms with Gasteiger partial charge >= 0.3 is 0 Å².